The normalized spacial score (nSPS) is 18.5. The van der Waals surface area contributed by atoms with Gasteiger partial charge in [-0.3, -0.25) is 9.59 Å². The van der Waals surface area contributed by atoms with E-state index in [0.717, 1.165) is 15.2 Å². The molecule has 1 atom stereocenters. The molecule has 3 rings (SSSR count). The number of fused-ring (bicyclic) bond motifs is 1. The lowest BCUT2D eigenvalue weighted by atomic mass is 10.2. The molecule has 27 heavy (non-hydrogen) atoms. The predicted octanol–water partition coefficient (Wildman–Crippen LogP) is 1.81. The van der Waals surface area contributed by atoms with Gasteiger partial charge in [0.1, 0.15) is 0 Å². The second-order valence-corrected chi connectivity index (χ2v) is 9.82. The molecule has 0 aliphatic carbocycles. The number of hydrogen-bond acceptors (Lipinski definition) is 7. The topological polar surface area (TPSA) is 93.6 Å². The van der Waals surface area contributed by atoms with Crippen LogP contribution in [0.5, 0.6) is 0 Å². The van der Waals surface area contributed by atoms with Crippen molar-refractivity contribution < 1.29 is 22.7 Å². The summed E-state index contributed by atoms with van der Waals surface area (Å²) in [5.74, 6) is -0.729. The summed E-state index contributed by atoms with van der Waals surface area (Å²) in [5.41, 5.74) is 0.908. The number of carbonyl (C=O) groups is 2. The molecule has 1 fully saturated rings. The molecular formula is C18H22N2O5S2. The number of benzene rings is 1. The van der Waals surface area contributed by atoms with Crippen LogP contribution in [0.25, 0.3) is 10.2 Å². The molecule has 1 aliphatic heterocycles. The average molecular weight is 411 g/mol. The number of nitrogens with zero attached hydrogens (tertiary/aromatic N) is 2. The Morgan fingerprint density at radius 3 is 2.78 bits per heavy atom. The Hall–Kier alpha value is -2.00. The Balaban J connectivity index is 1.47. The minimum Gasteiger partial charge on any atom is -0.456 e. The summed E-state index contributed by atoms with van der Waals surface area (Å²) in [6.07, 6.45) is 1.05. The lowest BCUT2D eigenvalue weighted by Gasteiger charge is -2.26. The third-order valence-corrected chi connectivity index (χ3v) is 7.39. The number of aryl methyl sites for hydroxylation is 1. The van der Waals surface area contributed by atoms with Crippen molar-refractivity contribution in [3.8, 4) is 0 Å². The molecule has 0 bridgehead atoms. The van der Waals surface area contributed by atoms with Crippen LogP contribution in [-0.4, -0.2) is 60.9 Å². The molecule has 1 aromatic carbocycles. The van der Waals surface area contributed by atoms with Gasteiger partial charge in [0.15, 0.2) is 16.4 Å². The molecule has 1 aromatic heterocycles. The summed E-state index contributed by atoms with van der Waals surface area (Å²) in [7, 11) is -3.07. The highest BCUT2D eigenvalue weighted by Gasteiger charge is 2.34. The van der Waals surface area contributed by atoms with Crippen molar-refractivity contribution in [1.29, 1.82) is 0 Å². The second-order valence-electron chi connectivity index (χ2n) is 6.47. The van der Waals surface area contributed by atoms with Crippen molar-refractivity contribution in [2.45, 2.75) is 32.2 Å². The van der Waals surface area contributed by atoms with Crippen LogP contribution in [0.2, 0.25) is 0 Å². The van der Waals surface area contributed by atoms with E-state index in [-0.39, 0.29) is 36.5 Å². The minimum absolute atomic E-state index is 0.0157. The molecule has 1 aliphatic rings. The molecule has 9 heteroatoms. The van der Waals surface area contributed by atoms with Gasteiger partial charge in [-0.2, -0.15) is 0 Å². The molecule has 0 N–H and O–H groups in total. The number of esters is 1. The number of likely N-dealkylation sites (N-methyl/N-ethyl adjacent to an activating group) is 1. The van der Waals surface area contributed by atoms with Crippen molar-refractivity contribution >= 4 is 43.3 Å². The molecule has 0 radical (unpaired) electrons. The molecule has 2 heterocycles. The van der Waals surface area contributed by atoms with Crippen molar-refractivity contribution in [3.05, 3.63) is 29.3 Å². The second kappa shape index (κ2) is 8.35. The van der Waals surface area contributed by atoms with Gasteiger partial charge in [0.25, 0.3) is 5.91 Å². The molecule has 7 nitrogen and oxygen atoms in total. The largest absolute Gasteiger partial charge is 0.456 e. The number of para-hydroxylation sites is 1. The quantitative estimate of drug-likeness (QED) is 0.646. The molecule has 146 valence electrons. The van der Waals surface area contributed by atoms with Gasteiger partial charge in [-0.1, -0.05) is 12.1 Å². The number of ether oxygens (including phenoxy) is 1. The Morgan fingerprint density at radius 2 is 2.11 bits per heavy atom. The number of rotatable bonds is 7. The maximum Gasteiger partial charge on any atom is 0.306 e. The Kier molecular flexibility index (Phi) is 6.11. The smallest absolute Gasteiger partial charge is 0.306 e. The van der Waals surface area contributed by atoms with Gasteiger partial charge < -0.3 is 9.64 Å². The first-order chi connectivity index (χ1) is 12.9. The van der Waals surface area contributed by atoms with Crippen LogP contribution >= 0.6 is 11.3 Å². The van der Waals surface area contributed by atoms with Gasteiger partial charge in [0, 0.05) is 19.0 Å². The van der Waals surface area contributed by atoms with E-state index >= 15 is 0 Å². The van der Waals surface area contributed by atoms with E-state index in [9.17, 15) is 18.0 Å². The van der Waals surface area contributed by atoms with Crippen LogP contribution in [0.4, 0.5) is 0 Å². The van der Waals surface area contributed by atoms with E-state index in [0.29, 0.717) is 19.4 Å². The lowest BCUT2D eigenvalue weighted by Crippen LogP contribution is -2.43. The number of thiazole rings is 1. The van der Waals surface area contributed by atoms with Gasteiger partial charge in [-0.05, 0) is 25.5 Å². The van der Waals surface area contributed by atoms with Gasteiger partial charge in [0.05, 0.1) is 33.2 Å². The van der Waals surface area contributed by atoms with Crippen LogP contribution in [-0.2, 0) is 30.6 Å². The summed E-state index contributed by atoms with van der Waals surface area (Å²) >= 11 is 1.54. The number of hydrogen-bond donors (Lipinski definition) is 0. The molecule has 2 aromatic rings. The van der Waals surface area contributed by atoms with Crippen LogP contribution in [0.3, 0.4) is 0 Å². The van der Waals surface area contributed by atoms with E-state index in [1.807, 2.05) is 24.3 Å². The van der Waals surface area contributed by atoms with Crippen LogP contribution < -0.4 is 0 Å². The number of carbonyl (C=O) groups excluding carboxylic acids is 2. The summed E-state index contributed by atoms with van der Waals surface area (Å²) in [4.78, 5) is 30.2. The third-order valence-electron chi connectivity index (χ3n) is 4.55. The van der Waals surface area contributed by atoms with Crippen molar-refractivity contribution in [1.82, 2.24) is 9.88 Å². The molecular weight excluding hydrogens is 388 g/mol. The van der Waals surface area contributed by atoms with Crippen LogP contribution in [0, 0.1) is 0 Å². The van der Waals surface area contributed by atoms with E-state index in [4.69, 9.17) is 4.74 Å². The van der Waals surface area contributed by atoms with Gasteiger partial charge >= 0.3 is 5.97 Å². The molecule has 1 amide bonds. The molecule has 1 unspecified atom stereocenters. The summed E-state index contributed by atoms with van der Waals surface area (Å²) in [6.45, 7) is 1.82. The minimum atomic E-state index is -3.07. The summed E-state index contributed by atoms with van der Waals surface area (Å²) < 4.78 is 29.4. The highest BCUT2D eigenvalue weighted by atomic mass is 32.2. The summed E-state index contributed by atoms with van der Waals surface area (Å²) in [6, 6.07) is 7.44. The first kappa shape index (κ1) is 19.8. The lowest BCUT2D eigenvalue weighted by molar-refractivity contribution is -0.152. The van der Waals surface area contributed by atoms with Crippen molar-refractivity contribution in [2.75, 3.05) is 24.7 Å². The predicted molar refractivity (Wildman–Crippen MR) is 103 cm³/mol. The van der Waals surface area contributed by atoms with Crippen LogP contribution in [0.1, 0.15) is 24.8 Å². The molecule has 0 spiro atoms. The van der Waals surface area contributed by atoms with Gasteiger partial charge in [-0.15, -0.1) is 11.3 Å². The Bertz CT molecular complexity index is 905. The van der Waals surface area contributed by atoms with E-state index in [1.165, 1.54) is 16.2 Å². The summed E-state index contributed by atoms with van der Waals surface area (Å²) in [5, 5.41) is 0.853. The van der Waals surface area contributed by atoms with E-state index in [1.54, 1.807) is 6.92 Å². The first-order valence-electron chi connectivity index (χ1n) is 8.88. The van der Waals surface area contributed by atoms with Crippen molar-refractivity contribution in [2.24, 2.45) is 0 Å². The zero-order chi connectivity index (χ0) is 19.4. The molecule has 0 saturated carbocycles. The molecule has 1 saturated heterocycles. The fourth-order valence-electron chi connectivity index (χ4n) is 3.19. The Morgan fingerprint density at radius 1 is 1.33 bits per heavy atom. The SMILES string of the molecule is CCN(C(=O)COC(=O)CCc1nc2ccccc2s1)C1CCS(=O)(=O)C1. The van der Waals surface area contributed by atoms with Crippen LogP contribution in [0.15, 0.2) is 24.3 Å². The fourth-order valence-corrected chi connectivity index (χ4v) is 5.89. The monoisotopic (exact) mass is 410 g/mol. The van der Waals surface area contributed by atoms with Gasteiger partial charge in [0.2, 0.25) is 0 Å². The standard InChI is InChI=1S/C18H22N2O5S2/c1-2-20(13-9-10-27(23,24)12-13)17(21)11-25-18(22)8-7-16-19-14-5-3-4-6-15(14)26-16/h3-6,13H,2,7-12H2,1H3. The number of amides is 1. The zero-order valence-electron chi connectivity index (χ0n) is 15.1. The van der Waals surface area contributed by atoms with Crippen molar-refractivity contribution in [3.63, 3.8) is 0 Å². The highest BCUT2D eigenvalue weighted by molar-refractivity contribution is 7.91. The van der Waals surface area contributed by atoms with Gasteiger partial charge in [-0.25, -0.2) is 13.4 Å². The Labute approximate surface area is 162 Å². The average Bonchev–Trinajstić information content (AvgIpc) is 3.21. The van der Waals surface area contributed by atoms with E-state index in [2.05, 4.69) is 4.98 Å². The maximum absolute atomic E-state index is 12.3. The van der Waals surface area contributed by atoms with E-state index < -0.39 is 15.8 Å². The maximum atomic E-state index is 12.3. The number of aromatic nitrogens is 1. The highest BCUT2D eigenvalue weighted by Crippen LogP contribution is 2.22. The third kappa shape index (κ3) is 5.04. The number of sulfone groups is 1. The first-order valence-corrected chi connectivity index (χ1v) is 11.5. The zero-order valence-corrected chi connectivity index (χ0v) is 16.7. The fraction of sp³-hybridized carbons (Fsp3) is 0.500.